The molecule has 2 aromatic carbocycles. The molecular weight excluding hydrogens is 477 g/mol. The Kier molecular flexibility index (Phi) is 8.56. The van der Waals surface area contributed by atoms with Crippen molar-refractivity contribution in [3.05, 3.63) is 57.6 Å². The first kappa shape index (κ1) is 24.2. The third-order valence-corrected chi connectivity index (χ3v) is 6.83. The number of benzene rings is 2. The fourth-order valence-electron chi connectivity index (χ4n) is 3.45. The van der Waals surface area contributed by atoms with Gasteiger partial charge in [0.1, 0.15) is 0 Å². The minimum absolute atomic E-state index is 0. The highest BCUT2D eigenvalue weighted by atomic mass is 35.5. The topological polar surface area (TPSA) is 45.7 Å². The Morgan fingerprint density at radius 3 is 2.71 bits per heavy atom. The highest BCUT2D eigenvalue weighted by Gasteiger charge is 2.24. The fourth-order valence-corrected chi connectivity index (χ4v) is 4.87. The number of anilines is 1. The van der Waals surface area contributed by atoms with E-state index in [1.165, 1.54) is 16.9 Å². The Hall–Kier alpha value is -1.41. The molecule has 0 spiro atoms. The van der Waals surface area contributed by atoms with Crippen LogP contribution in [0.4, 0.5) is 5.13 Å². The predicted octanol–water partition coefficient (Wildman–Crippen LogP) is 5.57. The van der Waals surface area contributed by atoms with Gasteiger partial charge in [0.2, 0.25) is 0 Å². The number of ether oxygens (including phenoxy) is 1. The predicted molar refractivity (Wildman–Crippen MR) is 132 cm³/mol. The van der Waals surface area contributed by atoms with Crippen molar-refractivity contribution in [2.75, 3.05) is 44.3 Å². The molecule has 166 valence electrons. The summed E-state index contributed by atoms with van der Waals surface area (Å²) in [5.74, 6) is -0.189. The molecule has 0 radical (unpaired) electrons. The van der Waals surface area contributed by atoms with Gasteiger partial charge in [-0.25, -0.2) is 4.98 Å². The van der Waals surface area contributed by atoms with E-state index < -0.39 is 0 Å². The normalized spacial score (nSPS) is 14.4. The van der Waals surface area contributed by atoms with E-state index in [-0.39, 0.29) is 18.3 Å². The molecule has 3 aromatic rings. The van der Waals surface area contributed by atoms with Gasteiger partial charge in [-0.3, -0.25) is 14.6 Å². The second-order valence-corrected chi connectivity index (χ2v) is 9.04. The summed E-state index contributed by atoms with van der Waals surface area (Å²) in [6.07, 6.45) is 0.959. The van der Waals surface area contributed by atoms with E-state index >= 15 is 0 Å². The number of carbonyl (C=O) groups excluding carboxylic acids is 1. The van der Waals surface area contributed by atoms with E-state index in [0.29, 0.717) is 27.3 Å². The Bertz CT molecular complexity index is 1050. The lowest BCUT2D eigenvalue weighted by Gasteiger charge is -2.29. The molecule has 31 heavy (non-hydrogen) atoms. The number of morpholine rings is 1. The molecule has 0 unspecified atom stereocenters. The van der Waals surface area contributed by atoms with Crippen molar-refractivity contribution < 1.29 is 9.53 Å². The van der Waals surface area contributed by atoms with Crippen molar-refractivity contribution in [2.45, 2.75) is 13.3 Å². The van der Waals surface area contributed by atoms with Crippen LogP contribution in [0.1, 0.15) is 22.8 Å². The van der Waals surface area contributed by atoms with E-state index in [2.05, 4.69) is 24.0 Å². The standard InChI is InChI=1S/C22H23Cl2N3O2S.ClH/c1-2-15-3-6-19-20(13-15)30-22(25-19)27(8-7-26-9-11-29-12-10-26)21(28)17-14-16(23)4-5-18(17)24;/h3-6,13-14H,2,7-12H2,1H3;1H. The van der Waals surface area contributed by atoms with Gasteiger partial charge in [-0.15, -0.1) is 12.4 Å². The number of hydrogen-bond acceptors (Lipinski definition) is 5. The summed E-state index contributed by atoms with van der Waals surface area (Å²) in [4.78, 5) is 22.3. The van der Waals surface area contributed by atoms with Gasteiger partial charge < -0.3 is 4.74 Å². The lowest BCUT2D eigenvalue weighted by Crippen LogP contribution is -2.43. The maximum atomic E-state index is 13.5. The monoisotopic (exact) mass is 499 g/mol. The van der Waals surface area contributed by atoms with Gasteiger partial charge in [0.05, 0.1) is 34.0 Å². The summed E-state index contributed by atoms with van der Waals surface area (Å²) in [7, 11) is 0. The Balaban J connectivity index is 0.00000272. The summed E-state index contributed by atoms with van der Waals surface area (Å²) in [5.41, 5.74) is 2.54. The molecule has 9 heteroatoms. The molecule has 1 aliphatic rings. The number of nitrogens with zero attached hydrogens (tertiary/aromatic N) is 3. The SMILES string of the molecule is CCc1ccc2nc(N(CCN3CCOCC3)C(=O)c3cc(Cl)ccc3Cl)sc2c1.Cl. The van der Waals surface area contributed by atoms with Crippen molar-refractivity contribution in [1.82, 2.24) is 9.88 Å². The zero-order chi connectivity index (χ0) is 21.1. The lowest BCUT2D eigenvalue weighted by molar-refractivity contribution is 0.0391. The Labute approximate surface area is 202 Å². The highest BCUT2D eigenvalue weighted by Crippen LogP contribution is 2.32. The number of halogens is 3. The van der Waals surface area contributed by atoms with Crippen LogP contribution in [0.25, 0.3) is 10.2 Å². The molecule has 1 aromatic heterocycles. The second-order valence-electron chi connectivity index (χ2n) is 7.19. The van der Waals surface area contributed by atoms with Crippen molar-refractivity contribution in [2.24, 2.45) is 0 Å². The van der Waals surface area contributed by atoms with E-state index in [0.717, 1.165) is 49.5 Å². The van der Waals surface area contributed by atoms with Gasteiger partial charge in [0, 0.05) is 31.2 Å². The number of carbonyl (C=O) groups is 1. The van der Waals surface area contributed by atoms with Gasteiger partial charge >= 0.3 is 0 Å². The molecule has 1 amide bonds. The van der Waals surface area contributed by atoms with Crippen molar-refractivity contribution in [1.29, 1.82) is 0 Å². The molecule has 0 saturated carbocycles. The quantitative estimate of drug-likeness (QED) is 0.444. The average molecular weight is 501 g/mol. The van der Waals surface area contributed by atoms with E-state index in [1.54, 1.807) is 23.1 Å². The molecule has 1 aliphatic heterocycles. The molecule has 0 bridgehead atoms. The van der Waals surface area contributed by atoms with Crippen LogP contribution in [0.15, 0.2) is 36.4 Å². The number of hydrogen-bond donors (Lipinski definition) is 0. The minimum Gasteiger partial charge on any atom is -0.379 e. The first-order valence-corrected chi connectivity index (χ1v) is 11.6. The molecule has 4 rings (SSSR count). The molecular formula is C22H24Cl3N3O2S. The Morgan fingerprint density at radius 2 is 1.97 bits per heavy atom. The smallest absolute Gasteiger partial charge is 0.261 e. The van der Waals surface area contributed by atoms with Crippen molar-refractivity contribution >= 4 is 68.2 Å². The lowest BCUT2D eigenvalue weighted by atomic mass is 10.2. The molecule has 1 saturated heterocycles. The van der Waals surface area contributed by atoms with E-state index in [1.807, 2.05) is 6.07 Å². The second kappa shape index (κ2) is 10.9. The number of thiazole rings is 1. The van der Waals surface area contributed by atoms with Crippen LogP contribution < -0.4 is 4.90 Å². The number of rotatable bonds is 6. The largest absolute Gasteiger partial charge is 0.379 e. The minimum atomic E-state index is -0.189. The van der Waals surface area contributed by atoms with Crippen LogP contribution in [0.2, 0.25) is 10.0 Å². The number of amides is 1. The molecule has 0 aliphatic carbocycles. The van der Waals surface area contributed by atoms with Crippen LogP contribution >= 0.6 is 46.9 Å². The number of aryl methyl sites for hydroxylation is 1. The van der Waals surface area contributed by atoms with Gasteiger partial charge in [0.15, 0.2) is 5.13 Å². The van der Waals surface area contributed by atoms with E-state index in [9.17, 15) is 4.79 Å². The van der Waals surface area contributed by atoms with Gasteiger partial charge in [-0.05, 0) is 42.3 Å². The van der Waals surface area contributed by atoms with Crippen LogP contribution in [-0.2, 0) is 11.2 Å². The van der Waals surface area contributed by atoms with Crippen LogP contribution in [-0.4, -0.2) is 55.2 Å². The summed E-state index contributed by atoms with van der Waals surface area (Å²) in [6, 6.07) is 11.2. The van der Waals surface area contributed by atoms with Gasteiger partial charge in [0.25, 0.3) is 5.91 Å². The van der Waals surface area contributed by atoms with Crippen molar-refractivity contribution in [3.8, 4) is 0 Å². The molecule has 5 nitrogen and oxygen atoms in total. The van der Waals surface area contributed by atoms with Gasteiger partial charge in [-0.2, -0.15) is 0 Å². The number of aromatic nitrogens is 1. The summed E-state index contributed by atoms with van der Waals surface area (Å²) in [6.45, 7) is 6.54. The summed E-state index contributed by atoms with van der Waals surface area (Å²) in [5, 5.41) is 1.54. The first-order chi connectivity index (χ1) is 14.5. The maximum Gasteiger partial charge on any atom is 0.261 e. The summed E-state index contributed by atoms with van der Waals surface area (Å²) < 4.78 is 6.51. The van der Waals surface area contributed by atoms with Crippen LogP contribution in [0, 0.1) is 0 Å². The first-order valence-electron chi connectivity index (χ1n) is 10.0. The third-order valence-electron chi connectivity index (χ3n) is 5.23. The average Bonchev–Trinajstić information content (AvgIpc) is 3.19. The zero-order valence-corrected chi connectivity index (χ0v) is 20.3. The highest BCUT2D eigenvalue weighted by molar-refractivity contribution is 7.22. The third kappa shape index (κ3) is 5.69. The Morgan fingerprint density at radius 1 is 1.19 bits per heavy atom. The summed E-state index contributed by atoms with van der Waals surface area (Å²) >= 11 is 14.0. The van der Waals surface area contributed by atoms with E-state index in [4.69, 9.17) is 32.9 Å². The van der Waals surface area contributed by atoms with Crippen LogP contribution in [0.5, 0.6) is 0 Å². The molecule has 0 atom stereocenters. The molecule has 1 fully saturated rings. The zero-order valence-electron chi connectivity index (χ0n) is 17.1. The fraction of sp³-hybridized carbons (Fsp3) is 0.364. The van der Waals surface area contributed by atoms with Gasteiger partial charge in [-0.1, -0.05) is 47.5 Å². The molecule has 0 N–H and O–H groups in total. The maximum absolute atomic E-state index is 13.5. The number of fused-ring (bicyclic) bond motifs is 1. The molecule has 2 heterocycles. The van der Waals surface area contributed by atoms with Crippen LogP contribution in [0.3, 0.4) is 0 Å². The van der Waals surface area contributed by atoms with Crippen molar-refractivity contribution in [3.63, 3.8) is 0 Å².